The Morgan fingerprint density at radius 1 is 0.538 bits per heavy atom. The summed E-state index contributed by atoms with van der Waals surface area (Å²) in [5.74, 6) is -3.69. The Morgan fingerprint density at radius 2 is 0.821 bits per heavy atom. The van der Waals surface area contributed by atoms with Crippen LogP contribution in [0, 0.1) is 0 Å². The second-order valence-corrected chi connectivity index (χ2v) is 8.33. The highest BCUT2D eigenvalue weighted by molar-refractivity contribution is 7.99. The number of hydrogen-bond acceptors (Lipinski definition) is 3. The van der Waals surface area contributed by atoms with Crippen LogP contribution in [0.4, 0.5) is 52.7 Å². The minimum Gasteiger partial charge on any atom is -0.478 e. The lowest BCUT2D eigenvalue weighted by atomic mass is 9.99. The minimum atomic E-state index is -5.92. The van der Waals surface area contributed by atoms with Crippen molar-refractivity contribution in [3.8, 4) is 0 Å². The van der Waals surface area contributed by atoms with E-state index in [2.05, 4.69) is 0 Å². The topological polar surface area (TPSA) is 74.6 Å². The lowest BCUT2D eigenvalue weighted by molar-refractivity contribution is -0.164. The molecule has 39 heavy (non-hydrogen) atoms. The standard InChI is InChI=1S/C22H10F12O4S/c23-19(24,25)15-9(3-7-13(35)36)1-5-11(17(15)21(29,30)31)39-12-6-2-10(4-8-14(37)38)16(20(26,27)28)18(12)22(32,33)34/h1-8H,(H,35,36)(H,37,38)/b7-3+,8-4+. The predicted octanol–water partition coefficient (Wildman–Crippen LogP) is 8.11. The molecular formula is C22H10F12O4S. The number of alkyl halides is 12. The van der Waals surface area contributed by atoms with E-state index in [1.54, 1.807) is 0 Å². The van der Waals surface area contributed by atoms with Crippen molar-refractivity contribution in [1.82, 2.24) is 0 Å². The number of halogens is 12. The predicted molar refractivity (Wildman–Crippen MR) is 110 cm³/mol. The van der Waals surface area contributed by atoms with Gasteiger partial charge < -0.3 is 10.2 Å². The molecule has 2 N–H and O–H groups in total. The van der Waals surface area contributed by atoms with Gasteiger partial charge in [0.05, 0.1) is 22.3 Å². The summed E-state index contributed by atoms with van der Waals surface area (Å²) in [6.45, 7) is 0. The highest BCUT2D eigenvalue weighted by Gasteiger charge is 2.49. The van der Waals surface area contributed by atoms with Crippen LogP contribution in [0.25, 0.3) is 12.2 Å². The van der Waals surface area contributed by atoms with Crippen LogP contribution in [0.3, 0.4) is 0 Å². The third-order valence-corrected chi connectivity index (χ3v) is 5.68. The summed E-state index contributed by atoms with van der Waals surface area (Å²) < 4.78 is 165. The zero-order valence-electron chi connectivity index (χ0n) is 18.3. The zero-order chi connectivity index (χ0) is 30.1. The smallest absolute Gasteiger partial charge is 0.418 e. The van der Waals surface area contributed by atoms with Crippen LogP contribution in [0.2, 0.25) is 0 Å². The number of rotatable bonds is 6. The van der Waals surface area contributed by atoms with Gasteiger partial charge in [-0.1, -0.05) is 23.9 Å². The molecule has 0 fully saturated rings. The lowest BCUT2D eigenvalue weighted by Gasteiger charge is -2.24. The van der Waals surface area contributed by atoms with Crippen molar-refractivity contribution in [3.63, 3.8) is 0 Å². The number of carbonyl (C=O) groups is 2. The van der Waals surface area contributed by atoms with Crippen molar-refractivity contribution in [2.24, 2.45) is 0 Å². The minimum absolute atomic E-state index is 0.0677. The Kier molecular flexibility index (Phi) is 8.79. The van der Waals surface area contributed by atoms with Gasteiger partial charge in [0.1, 0.15) is 0 Å². The molecule has 0 aliphatic heterocycles. The van der Waals surface area contributed by atoms with E-state index in [0.717, 1.165) is 0 Å². The maximum absolute atomic E-state index is 13.8. The number of hydrogen-bond donors (Lipinski definition) is 2. The fourth-order valence-electron chi connectivity index (χ4n) is 3.26. The molecule has 2 aromatic rings. The third-order valence-electron chi connectivity index (χ3n) is 4.56. The Hall–Kier alpha value is -3.63. The quantitative estimate of drug-likeness (QED) is 0.260. The molecule has 17 heteroatoms. The van der Waals surface area contributed by atoms with E-state index >= 15 is 0 Å². The number of aliphatic carboxylic acids is 2. The first kappa shape index (κ1) is 31.6. The van der Waals surface area contributed by atoms with E-state index in [1.807, 2.05) is 0 Å². The van der Waals surface area contributed by atoms with Crippen LogP contribution < -0.4 is 0 Å². The van der Waals surface area contributed by atoms with Crippen molar-refractivity contribution in [2.45, 2.75) is 34.5 Å². The lowest BCUT2D eigenvalue weighted by Crippen LogP contribution is -2.21. The average molecular weight is 598 g/mol. The first-order valence-electron chi connectivity index (χ1n) is 9.67. The van der Waals surface area contributed by atoms with Gasteiger partial charge >= 0.3 is 36.6 Å². The van der Waals surface area contributed by atoms with Crippen molar-refractivity contribution >= 4 is 35.9 Å². The van der Waals surface area contributed by atoms with E-state index in [4.69, 9.17) is 10.2 Å². The largest absolute Gasteiger partial charge is 0.478 e. The Balaban J connectivity index is 2.99. The van der Waals surface area contributed by atoms with Crippen LogP contribution in [-0.4, -0.2) is 22.2 Å². The van der Waals surface area contributed by atoms with Crippen molar-refractivity contribution in [2.75, 3.05) is 0 Å². The highest BCUT2D eigenvalue weighted by atomic mass is 32.2. The summed E-state index contributed by atoms with van der Waals surface area (Å²) in [5.41, 5.74) is -12.8. The van der Waals surface area contributed by atoms with Crippen molar-refractivity contribution in [3.05, 3.63) is 69.8 Å². The van der Waals surface area contributed by atoms with Gasteiger partial charge in [-0.05, 0) is 35.4 Å². The van der Waals surface area contributed by atoms with E-state index in [0.29, 0.717) is 12.1 Å². The fraction of sp³-hybridized carbons (Fsp3) is 0.182. The molecule has 4 nitrogen and oxygen atoms in total. The second kappa shape index (κ2) is 10.9. The van der Waals surface area contributed by atoms with E-state index in [-0.39, 0.29) is 36.4 Å². The van der Waals surface area contributed by atoms with Gasteiger partial charge in [-0.15, -0.1) is 0 Å². The molecule has 0 aliphatic carbocycles. The van der Waals surface area contributed by atoms with Crippen molar-refractivity contribution < 1.29 is 72.5 Å². The average Bonchev–Trinajstić information content (AvgIpc) is 2.73. The third kappa shape index (κ3) is 7.70. The van der Waals surface area contributed by atoms with Gasteiger partial charge in [-0.2, -0.15) is 52.7 Å². The number of carboxylic acid groups (broad SMARTS) is 2. The van der Waals surface area contributed by atoms with E-state index < -0.39 is 91.6 Å². The fourth-order valence-corrected chi connectivity index (χ4v) is 4.41. The van der Waals surface area contributed by atoms with Gasteiger partial charge in [0.15, 0.2) is 0 Å². The zero-order valence-corrected chi connectivity index (χ0v) is 19.1. The van der Waals surface area contributed by atoms with Crippen molar-refractivity contribution in [1.29, 1.82) is 0 Å². The number of carboxylic acids is 2. The molecule has 0 heterocycles. The van der Waals surface area contributed by atoms with E-state index in [9.17, 15) is 62.3 Å². The summed E-state index contributed by atoms with van der Waals surface area (Å²) >= 11 is -0.700. The first-order chi connectivity index (χ1) is 17.5. The second-order valence-electron chi connectivity index (χ2n) is 7.24. The molecule has 0 aliphatic rings. The molecule has 0 aromatic heterocycles. The summed E-state index contributed by atoms with van der Waals surface area (Å²) in [6, 6.07) is 1.11. The molecule has 0 spiro atoms. The van der Waals surface area contributed by atoms with Crippen LogP contribution >= 0.6 is 11.8 Å². The summed E-state index contributed by atoms with van der Waals surface area (Å²) in [4.78, 5) is 18.1. The Morgan fingerprint density at radius 3 is 1.05 bits per heavy atom. The summed E-state index contributed by atoms with van der Waals surface area (Å²) in [6.07, 6.45) is -23.1. The van der Waals surface area contributed by atoms with Gasteiger partial charge in [0.2, 0.25) is 0 Å². The summed E-state index contributed by atoms with van der Waals surface area (Å²) in [7, 11) is 0. The van der Waals surface area contributed by atoms with Crippen LogP contribution in [0.1, 0.15) is 33.4 Å². The first-order valence-corrected chi connectivity index (χ1v) is 10.5. The normalized spacial score (nSPS) is 13.4. The van der Waals surface area contributed by atoms with Crippen LogP contribution in [-0.2, 0) is 34.3 Å². The monoisotopic (exact) mass is 598 g/mol. The van der Waals surface area contributed by atoms with E-state index in [1.165, 1.54) is 0 Å². The molecule has 2 aromatic carbocycles. The number of benzene rings is 2. The van der Waals surface area contributed by atoms with Gasteiger partial charge in [-0.25, -0.2) is 9.59 Å². The molecule has 0 atom stereocenters. The SMILES string of the molecule is O=C(O)/C=C/c1ccc(Sc2ccc(/C=C/C(=O)O)c(C(F)(F)F)c2C(F)(F)F)c(C(F)(F)F)c1C(F)(F)F. The van der Waals surface area contributed by atoms with Gasteiger partial charge in [-0.3, -0.25) is 0 Å². The molecule has 0 saturated heterocycles. The van der Waals surface area contributed by atoms with Crippen LogP contribution in [0.5, 0.6) is 0 Å². The van der Waals surface area contributed by atoms with Gasteiger partial charge in [0, 0.05) is 21.9 Å². The molecule has 212 valence electrons. The summed E-state index contributed by atoms with van der Waals surface area (Å²) in [5, 5.41) is 17.2. The highest BCUT2D eigenvalue weighted by Crippen LogP contribution is 2.52. The molecule has 0 bridgehead atoms. The van der Waals surface area contributed by atoms with Gasteiger partial charge in [0.25, 0.3) is 0 Å². The molecule has 0 saturated carbocycles. The maximum atomic E-state index is 13.8. The maximum Gasteiger partial charge on any atom is 0.418 e. The molecule has 0 unspecified atom stereocenters. The Bertz CT molecular complexity index is 1230. The molecule has 0 amide bonds. The van der Waals surface area contributed by atoms with Crippen LogP contribution in [0.15, 0.2) is 46.2 Å². The molecule has 2 rings (SSSR count). The Labute approximate surface area is 213 Å². The molecular weight excluding hydrogens is 588 g/mol. The molecule has 0 radical (unpaired) electrons.